The van der Waals surface area contributed by atoms with Crippen LogP contribution in [0.4, 0.5) is 0 Å². The minimum absolute atomic E-state index is 0.111. The van der Waals surface area contributed by atoms with Gasteiger partial charge in [-0.1, -0.05) is 39.5 Å². The Morgan fingerprint density at radius 3 is 2.35 bits per heavy atom. The highest BCUT2D eigenvalue weighted by atomic mass is 16.1. The number of rotatable bonds is 10. The average molecular weight is 242 g/mol. The molecule has 0 aromatic rings. The summed E-state index contributed by atoms with van der Waals surface area (Å²) in [6.07, 6.45) is 7.31. The normalized spacial score (nSPS) is 14.4. The molecule has 0 aromatic carbocycles. The van der Waals surface area contributed by atoms with Crippen LogP contribution in [0.15, 0.2) is 0 Å². The van der Waals surface area contributed by atoms with E-state index in [0.29, 0.717) is 12.6 Å². The second-order valence-electron chi connectivity index (χ2n) is 5.01. The lowest BCUT2D eigenvalue weighted by atomic mass is 10.1. The lowest BCUT2D eigenvalue weighted by molar-refractivity contribution is -0.121. The first kappa shape index (κ1) is 16.4. The van der Waals surface area contributed by atoms with Crippen molar-refractivity contribution in [3.8, 4) is 0 Å². The van der Waals surface area contributed by atoms with Gasteiger partial charge in [0.25, 0.3) is 0 Å². The van der Waals surface area contributed by atoms with Crippen LogP contribution in [0.25, 0.3) is 0 Å². The Bertz CT molecular complexity index is 195. The van der Waals surface area contributed by atoms with Crippen molar-refractivity contribution in [1.29, 1.82) is 0 Å². The Labute approximate surface area is 107 Å². The van der Waals surface area contributed by atoms with Gasteiger partial charge < -0.3 is 10.6 Å². The summed E-state index contributed by atoms with van der Waals surface area (Å²) in [5.74, 6) is 0.111. The molecule has 1 amide bonds. The average Bonchev–Trinajstić information content (AvgIpc) is 2.32. The first-order chi connectivity index (χ1) is 8.10. The minimum atomic E-state index is 0.111. The van der Waals surface area contributed by atoms with E-state index in [2.05, 4.69) is 31.4 Å². The topological polar surface area (TPSA) is 41.1 Å². The van der Waals surface area contributed by atoms with Gasteiger partial charge in [0.15, 0.2) is 0 Å². The molecular formula is C14H30N2O. The molecule has 3 nitrogen and oxygen atoms in total. The van der Waals surface area contributed by atoms with Crippen molar-refractivity contribution in [2.24, 2.45) is 0 Å². The van der Waals surface area contributed by atoms with Crippen molar-refractivity contribution in [2.75, 3.05) is 6.54 Å². The van der Waals surface area contributed by atoms with E-state index >= 15 is 0 Å². The molecule has 0 spiro atoms. The van der Waals surface area contributed by atoms with E-state index in [0.717, 1.165) is 12.8 Å². The van der Waals surface area contributed by atoms with Crippen molar-refractivity contribution in [2.45, 2.75) is 78.3 Å². The summed E-state index contributed by atoms with van der Waals surface area (Å²) < 4.78 is 0. The number of nitrogens with one attached hydrogen (secondary N) is 2. The third-order valence-electron chi connectivity index (χ3n) is 3.12. The van der Waals surface area contributed by atoms with E-state index in [9.17, 15) is 4.79 Å². The summed E-state index contributed by atoms with van der Waals surface area (Å²) >= 11 is 0. The van der Waals surface area contributed by atoms with E-state index in [-0.39, 0.29) is 11.9 Å². The van der Waals surface area contributed by atoms with Gasteiger partial charge in [-0.05, 0) is 26.7 Å². The molecule has 0 saturated heterocycles. The second kappa shape index (κ2) is 10.6. The first-order valence-corrected chi connectivity index (χ1v) is 7.12. The van der Waals surface area contributed by atoms with Gasteiger partial charge in [0.1, 0.15) is 0 Å². The van der Waals surface area contributed by atoms with E-state index in [4.69, 9.17) is 0 Å². The fraction of sp³-hybridized carbons (Fsp3) is 0.929. The van der Waals surface area contributed by atoms with Crippen LogP contribution < -0.4 is 10.6 Å². The second-order valence-corrected chi connectivity index (χ2v) is 5.01. The molecule has 2 atom stereocenters. The van der Waals surface area contributed by atoms with Crippen molar-refractivity contribution < 1.29 is 4.79 Å². The molecule has 0 fully saturated rings. The molecule has 0 aromatic heterocycles. The zero-order chi connectivity index (χ0) is 13.1. The fourth-order valence-corrected chi connectivity index (χ4v) is 1.67. The molecule has 0 rings (SSSR count). The fourth-order valence-electron chi connectivity index (χ4n) is 1.67. The number of hydrogen-bond acceptors (Lipinski definition) is 2. The number of carbonyl (C=O) groups excluding carboxylic acids is 1. The maximum absolute atomic E-state index is 11.5. The molecule has 0 bridgehead atoms. The SMILES string of the molecule is CCCCCCC(C)NCC(=O)NC(C)CC. The van der Waals surface area contributed by atoms with Crippen LogP contribution in [0.3, 0.4) is 0 Å². The van der Waals surface area contributed by atoms with Crippen LogP contribution in [0, 0.1) is 0 Å². The predicted octanol–water partition coefficient (Wildman–Crippen LogP) is 2.85. The van der Waals surface area contributed by atoms with Crippen molar-refractivity contribution in [3.63, 3.8) is 0 Å². The van der Waals surface area contributed by atoms with Crippen molar-refractivity contribution >= 4 is 5.91 Å². The third-order valence-corrected chi connectivity index (χ3v) is 3.12. The van der Waals surface area contributed by atoms with Gasteiger partial charge in [0.2, 0.25) is 5.91 Å². The largest absolute Gasteiger partial charge is 0.353 e. The van der Waals surface area contributed by atoms with Crippen molar-refractivity contribution in [1.82, 2.24) is 10.6 Å². The van der Waals surface area contributed by atoms with Crippen molar-refractivity contribution in [3.05, 3.63) is 0 Å². The summed E-state index contributed by atoms with van der Waals surface area (Å²) in [7, 11) is 0. The summed E-state index contributed by atoms with van der Waals surface area (Å²) in [6, 6.07) is 0.721. The molecule has 0 aliphatic carbocycles. The third kappa shape index (κ3) is 10.3. The van der Waals surface area contributed by atoms with E-state index in [1.807, 2.05) is 6.92 Å². The van der Waals surface area contributed by atoms with Gasteiger partial charge in [0.05, 0.1) is 6.54 Å². The molecule has 3 heteroatoms. The lowest BCUT2D eigenvalue weighted by Crippen LogP contribution is -2.41. The molecule has 0 aliphatic rings. The van der Waals surface area contributed by atoms with E-state index in [1.165, 1.54) is 25.7 Å². The Hall–Kier alpha value is -0.570. The summed E-state index contributed by atoms with van der Waals surface area (Å²) in [6.45, 7) is 8.93. The maximum atomic E-state index is 11.5. The molecule has 0 radical (unpaired) electrons. The predicted molar refractivity (Wildman–Crippen MR) is 74.1 cm³/mol. The van der Waals surface area contributed by atoms with Gasteiger partial charge in [-0.25, -0.2) is 0 Å². The molecule has 17 heavy (non-hydrogen) atoms. The number of carbonyl (C=O) groups is 1. The summed E-state index contributed by atoms with van der Waals surface area (Å²) in [4.78, 5) is 11.5. The van der Waals surface area contributed by atoms with E-state index < -0.39 is 0 Å². The van der Waals surface area contributed by atoms with Gasteiger partial charge >= 0.3 is 0 Å². The molecule has 0 saturated carbocycles. The standard InChI is InChI=1S/C14H30N2O/c1-5-7-8-9-10-13(4)15-11-14(17)16-12(3)6-2/h12-13,15H,5-11H2,1-4H3,(H,16,17). The van der Waals surface area contributed by atoms with Crippen LogP contribution in [0.1, 0.15) is 66.2 Å². The molecule has 2 N–H and O–H groups in total. The maximum Gasteiger partial charge on any atom is 0.234 e. The Morgan fingerprint density at radius 2 is 1.76 bits per heavy atom. The smallest absolute Gasteiger partial charge is 0.234 e. The van der Waals surface area contributed by atoms with Gasteiger partial charge in [0, 0.05) is 12.1 Å². The number of amides is 1. The Morgan fingerprint density at radius 1 is 1.06 bits per heavy atom. The molecule has 2 unspecified atom stereocenters. The molecular weight excluding hydrogens is 212 g/mol. The first-order valence-electron chi connectivity index (χ1n) is 7.12. The highest BCUT2D eigenvalue weighted by molar-refractivity contribution is 5.78. The van der Waals surface area contributed by atoms with Gasteiger partial charge in [-0.3, -0.25) is 4.79 Å². The Balaban J connectivity index is 3.48. The van der Waals surface area contributed by atoms with Crippen LogP contribution in [-0.4, -0.2) is 24.5 Å². The quantitative estimate of drug-likeness (QED) is 0.578. The van der Waals surface area contributed by atoms with Crippen LogP contribution >= 0.6 is 0 Å². The number of hydrogen-bond donors (Lipinski definition) is 2. The summed E-state index contributed by atoms with van der Waals surface area (Å²) in [5, 5.41) is 6.24. The van der Waals surface area contributed by atoms with Crippen LogP contribution in [0.5, 0.6) is 0 Å². The molecule has 102 valence electrons. The zero-order valence-electron chi connectivity index (χ0n) is 12.0. The monoisotopic (exact) mass is 242 g/mol. The molecule has 0 aliphatic heterocycles. The Kier molecular flexibility index (Phi) is 10.2. The van der Waals surface area contributed by atoms with Gasteiger partial charge in [-0.15, -0.1) is 0 Å². The minimum Gasteiger partial charge on any atom is -0.353 e. The summed E-state index contributed by atoms with van der Waals surface area (Å²) in [5.41, 5.74) is 0. The highest BCUT2D eigenvalue weighted by Crippen LogP contribution is 2.04. The van der Waals surface area contributed by atoms with Gasteiger partial charge in [-0.2, -0.15) is 0 Å². The zero-order valence-corrected chi connectivity index (χ0v) is 12.0. The van der Waals surface area contributed by atoms with Crippen LogP contribution in [-0.2, 0) is 4.79 Å². The number of unbranched alkanes of at least 4 members (excludes halogenated alkanes) is 3. The van der Waals surface area contributed by atoms with Crippen LogP contribution in [0.2, 0.25) is 0 Å². The lowest BCUT2D eigenvalue weighted by Gasteiger charge is -2.15. The molecule has 0 heterocycles. The highest BCUT2D eigenvalue weighted by Gasteiger charge is 2.07. The van der Waals surface area contributed by atoms with E-state index in [1.54, 1.807) is 0 Å².